The summed E-state index contributed by atoms with van der Waals surface area (Å²) in [6.07, 6.45) is 1.56. The molecule has 0 atom stereocenters. The number of aryl methyl sites for hydroxylation is 1. The summed E-state index contributed by atoms with van der Waals surface area (Å²) in [7, 11) is 1.80. The third-order valence-corrected chi connectivity index (χ3v) is 2.39. The summed E-state index contributed by atoms with van der Waals surface area (Å²) in [5.74, 6) is 0.396. The maximum atomic E-state index is 13.5. The molecule has 1 aromatic heterocycles. The number of benzene rings is 1. The van der Waals surface area contributed by atoms with Crippen LogP contribution in [0.2, 0.25) is 0 Å². The van der Waals surface area contributed by atoms with Gasteiger partial charge in [0.05, 0.1) is 0 Å². The molecular formula is C11H13FN4O. The molecule has 90 valence electrons. The van der Waals surface area contributed by atoms with Gasteiger partial charge in [-0.2, -0.15) is 0 Å². The lowest BCUT2D eigenvalue weighted by atomic mass is 10.2. The number of aromatic nitrogens is 3. The van der Waals surface area contributed by atoms with Gasteiger partial charge in [0.25, 0.3) is 0 Å². The van der Waals surface area contributed by atoms with E-state index in [4.69, 9.17) is 10.5 Å². The van der Waals surface area contributed by atoms with Gasteiger partial charge < -0.3 is 15.0 Å². The third-order valence-electron chi connectivity index (χ3n) is 2.39. The van der Waals surface area contributed by atoms with Crippen molar-refractivity contribution in [2.45, 2.75) is 13.2 Å². The molecule has 2 N–H and O–H groups in total. The van der Waals surface area contributed by atoms with Crippen molar-refractivity contribution in [3.05, 3.63) is 41.7 Å². The first-order chi connectivity index (χ1) is 8.20. The molecule has 2 aromatic rings. The summed E-state index contributed by atoms with van der Waals surface area (Å²) in [4.78, 5) is 0. The normalized spacial score (nSPS) is 10.5. The number of nitrogens with zero attached hydrogens (tertiary/aromatic N) is 3. The van der Waals surface area contributed by atoms with E-state index in [9.17, 15) is 4.39 Å². The zero-order chi connectivity index (χ0) is 12.3. The van der Waals surface area contributed by atoms with Crippen molar-refractivity contribution in [2.75, 3.05) is 0 Å². The Labute approximate surface area is 98.0 Å². The molecule has 0 saturated carbocycles. The minimum absolute atomic E-state index is 0.176. The van der Waals surface area contributed by atoms with Gasteiger partial charge >= 0.3 is 0 Å². The molecule has 0 radical (unpaired) electrons. The molecule has 6 heteroatoms. The zero-order valence-electron chi connectivity index (χ0n) is 9.43. The van der Waals surface area contributed by atoms with E-state index in [-0.39, 0.29) is 12.4 Å². The van der Waals surface area contributed by atoms with Crippen LogP contribution in [0, 0.1) is 5.82 Å². The fourth-order valence-electron chi connectivity index (χ4n) is 1.37. The molecule has 0 spiro atoms. The van der Waals surface area contributed by atoms with Crippen LogP contribution in [0.4, 0.5) is 4.39 Å². The van der Waals surface area contributed by atoms with E-state index >= 15 is 0 Å². The number of halogens is 1. The first-order valence-corrected chi connectivity index (χ1v) is 5.15. The highest BCUT2D eigenvalue weighted by Crippen LogP contribution is 2.19. The highest BCUT2D eigenvalue weighted by Gasteiger charge is 2.06. The molecule has 17 heavy (non-hydrogen) atoms. The number of nitrogens with two attached hydrogens (primary N) is 1. The number of hydrogen-bond acceptors (Lipinski definition) is 4. The molecular weight excluding hydrogens is 223 g/mol. The van der Waals surface area contributed by atoms with E-state index in [0.29, 0.717) is 12.4 Å². The summed E-state index contributed by atoms with van der Waals surface area (Å²) in [6, 6.07) is 4.66. The van der Waals surface area contributed by atoms with Crippen LogP contribution in [0.3, 0.4) is 0 Å². The summed E-state index contributed by atoms with van der Waals surface area (Å²) < 4.78 is 20.6. The fourth-order valence-corrected chi connectivity index (χ4v) is 1.37. The summed E-state index contributed by atoms with van der Waals surface area (Å²) in [6.45, 7) is 0.482. The number of ether oxygens (including phenoxy) is 1. The van der Waals surface area contributed by atoms with Gasteiger partial charge in [0.1, 0.15) is 12.9 Å². The van der Waals surface area contributed by atoms with Crippen LogP contribution in [-0.2, 0) is 20.2 Å². The molecule has 0 unspecified atom stereocenters. The van der Waals surface area contributed by atoms with Crippen molar-refractivity contribution in [1.29, 1.82) is 0 Å². The average molecular weight is 236 g/mol. The monoisotopic (exact) mass is 236 g/mol. The van der Waals surface area contributed by atoms with Crippen LogP contribution >= 0.6 is 0 Å². The van der Waals surface area contributed by atoms with E-state index in [0.717, 1.165) is 5.56 Å². The Morgan fingerprint density at radius 2 is 2.29 bits per heavy atom. The maximum absolute atomic E-state index is 13.5. The maximum Gasteiger partial charge on any atom is 0.170 e. The van der Waals surface area contributed by atoms with E-state index in [1.807, 2.05) is 0 Å². The second-order valence-corrected chi connectivity index (χ2v) is 3.62. The molecule has 0 aliphatic rings. The smallest absolute Gasteiger partial charge is 0.170 e. The predicted octanol–water partition coefficient (Wildman–Crippen LogP) is 0.992. The van der Waals surface area contributed by atoms with E-state index < -0.39 is 5.82 Å². The second-order valence-electron chi connectivity index (χ2n) is 3.62. The van der Waals surface area contributed by atoms with Crippen molar-refractivity contribution in [3.63, 3.8) is 0 Å². The zero-order valence-corrected chi connectivity index (χ0v) is 9.43. The highest BCUT2D eigenvalue weighted by molar-refractivity contribution is 5.29. The Hall–Kier alpha value is -1.95. The standard InChI is InChI=1S/C11H13FN4O/c1-16-7-14-15-11(16)6-17-10-3-2-8(5-13)4-9(10)12/h2-4,7H,5-6,13H2,1H3. The first kappa shape index (κ1) is 11.5. The fraction of sp³-hybridized carbons (Fsp3) is 0.273. The molecule has 1 heterocycles. The Kier molecular flexibility index (Phi) is 3.34. The Morgan fingerprint density at radius 3 is 2.88 bits per heavy atom. The van der Waals surface area contributed by atoms with Crippen LogP contribution in [0.5, 0.6) is 5.75 Å². The van der Waals surface area contributed by atoms with Crippen LogP contribution in [-0.4, -0.2) is 14.8 Å². The van der Waals surface area contributed by atoms with Crippen molar-refractivity contribution < 1.29 is 9.13 Å². The predicted molar refractivity (Wildman–Crippen MR) is 59.6 cm³/mol. The summed E-state index contributed by atoms with van der Waals surface area (Å²) in [5.41, 5.74) is 6.14. The van der Waals surface area contributed by atoms with Gasteiger partial charge in [-0.25, -0.2) is 4.39 Å². The van der Waals surface area contributed by atoms with E-state index in [1.54, 1.807) is 30.1 Å². The van der Waals surface area contributed by atoms with Gasteiger partial charge in [0.15, 0.2) is 17.4 Å². The lowest BCUT2D eigenvalue weighted by Gasteiger charge is -2.07. The van der Waals surface area contributed by atoms with E-state index in [1.165, 1.54) is 6.07 Å². The largest absolute Gasteiger partial charge is 0.483 e. The van der Waals surface area contributed by atoms with Gasteiger partial charge in [-0.1, -0.05) is 6.07 Å². The lowest BCUT2D eigenvalue weighted by Crippen LogP contribution is -2.04. The molecule has 0 fully saturated rings. The van der Waals surface area contributed by atoms with Gasteiger partial charge in [-0.15, -0.1) is 10.2 Å². The summed E-state index contributed by atoms with van der Waals surface area (Å²) in [5, 5.41) is 7.55. The minimum Gasteiger partial charge on any atom is -0.483 e. The van der Waals surface area contributed by atoms with Gasteiger partial charge in [-0.3, -0.25) is 0 Å². The van der Waals surface area contributed by atoms with Crippen LogP contribution < -0.4 is 10.5 Å². The Balaban J connectivity index is 2.07. The van der Waals surface area contributed by atoms with E-state index in [2.05, 4.69) is 10.2 Å². The third kappa shape index (κ3) is 2.59. The minimum atomic E-state index is -0.421. The van der Waals surface area contributed by atoms with Crippen molar-refractivity contribution in [2.24, 2.45) is 12.8 Å². The lowest BCUT2D eigenvalue weighted by molar-refractivity contribution is 0.277. The quantitative estimate of drug-likeness (QED) is 0.859. The van der Waals surface area contributed by atoms with Crippen LogP contribution in [0.15, 0.2) is 24.5 Å². The van der Waals surface area contributed by atoms with Gasteiger partial charge in [0.2, 0.25) is 0 Å². The molecule has 1 aromatic carbocycles. The molecule has 5 nitrogen and oxygen atoms in total. The molecule has 0 aliphatic heterocycles. The number of rotatable bonds is 4. The topological polar surface area (TPSA) is 66.0 Å². The SMILES string of the molecule is Cn1cnnc1COc1ccc(CN)cc1F. The molecule has 0 amide bonds. The average Bonchev–Trinajstić information content (AvgIpc) is 2.73. The molecule has 0 bridgehead atoms. The molecule has 2 rings (SSSR count). The van der Waals surface area contributed by atoms with Crippen molar-refractivity contribution in [3.8, 4) is 5.75 Å². The summed E-state index contributed by atoms with van der Waals surface area (Å²) >= 11 is 0. The second kappa shape index (κ2) is 4.92. The van der Waals surface area contributed by atoms with Crippen molar-refractivity contribution >= 4 is 0 Å². The molecule has 0 aliphatic carbocycles. The van der Waals surface area contributed by atoms with Gasteiger partial charge in [-0.05, 0) is 17.7 Å². The number of hydrogen-bond donors (Lipinski definition) is 1. The van der Waals surface area contributed by atoms with Crippen molar-refractivity contribution in [1.82, 2.24) is 14.8 Å². The molecule has 0 saturated heterocycles. The van der Waals surface area contributed by atoms with Gasteiger partial charge in [0, 0.05) is 13.6 Å². The van der Waals surface area contributed by atoms with Crippen LogP contribution in [0.25, 0.3) is 0 Å². The Morgan fingerprint density at radius 1 is 1.47 bits per heavy atom. The van der Waals surface area contributed by atoms with Crippen LogP contribution in [0.1, 0.15) is 11.4 Å². The highest BCUT2D eigenvalue weighted by atomic mass is 19.1. The Bertz CT molecular complexity index is 512. The first-order valence-electron chi connectivity index (χ1n) is 5.15.